The fraction of sp³-hybridized carbons (Fsp3) is 0.286. The van der Waals surface area contributed by atoms with Gasteiger partial charge < -0.3 is 15.0 Å². The molecule has 0 saturated heterocycles. The van der Waals surface area contributed by atoms with Gasteiger partial charge in [-0.25, -0.2) is 4.39 Å². The Morgan fingerprint density at radius 1 is 1.03 bits per heavy atom. The second-order valence-corrected chi connectivity index (χ2v) is 9.54. The first-order valence-electron chi connectivity index (χ1n) is 11.5. The molecule has 3 aromatic carbocycles. The summed E-state index contributed by atoms with van der Waals surface area (Å²) in [5.74, 6) is -0.602. The average Bonchev–Trinajstić information content (AvgIpc) is 2.83. The summed E-state index contributed by atoms with van der Waals surface area (Å²) in [4.78, 5) is 28.2. The SMILES string of the molecule is Cc1cc(OCC(=O)N(Cc2ccccc2F)[C@@H](Cc2ccccc2)C(=O)NC(C)C)ccc1Br. The van der Waals surface area contributed by atoms with Crippen LogP contribution < -0.4 is 10.1 Å². The summed E-state index contributed by atoms with van der Waals surface area (Å²) in [6, 6.07) is 20.2. The number of rotatable bonds is 10. The number of ether oxygens (including phenoxy) is 1. The monoisotopic (exact) mass is 540 g/mol. The Bertz CT molecular complexity index is 1150. The van der Waals surface area contributed by atoms with Gasteiger partial charge in [-0.15, -0.1) is 0 Å². The molecule has 1 N–H and O–H groups in total. The number of hydrogen-bond donors (Lipinski definition) is 1. The number of aryl methyl sites for hydroxylation is 1. The van der Waals surface area contributed by atoms with Crippen molar-refractivity contribution in [2.45, 2.75) is 45.8 Å². The summed E-state index contributed by atoms with van der Waals surface area (Å²) in [6.45, 7) is 5.31. The number of nitrogens with zero attached hydrogens (tertiary/aromatic N) is 1. The lowest BCUT2D eigenvalue weighted by molar-refractivity contribution is -0.143. The zero-order valence-corrected chi connectivity index (χ0v) is 21.7. The van der Waals surface area contributed by atoms with E-state index < -0.39 is 17.8 Å². The minimum absolute atomic E-state index is 0.0583. The van der Waals surface area contributed by atoms with Crippen LogP contribution in [-0.4, -0.2) is 35.4 Å². The van der Waals surface area contributed by atoms with Gasteiger partial charge in [-0.1, -0.05) is 64.5 Å². The third-order valence-electron chi connectivity index (χ3n) is 5.49. The maximum atomic E-state index is 14.6. The Kier molecular flexibility index (Phi) is 9.43. The molecule has 7 heteroatoms. The Labute approximate surface area is 214 Å². The largest absolute Gasteiger partial charge is 0.484 e. The molecule has 35 heavy (non-hydrogen) atoms. The summed E-state index contributed by atoms with van der Waals surface area (Å²) in [5.41, 5.74) is 2.19. The van der Waals surface area contributed by atoms with Crippen LogP contribution in [0.15, 0.2) is 77.3 Å². The van der Waals surface area contributed by atoms with Gasteiger partial charge in [0.2, 0.25) is 5.91 Å². The molecule has 0 unspecified atom stereocenters. The third kappa shape index (κ3) is 7.65. The molecule has 1 atom stereocenters. The Balaban J connectivity index is 1.92. The number of benzene rings is 3. The lowest BCUT2D eigenvalue weighted by Crippen LogP contribution is -2.53. The standard InChI is InChI=1S/C28H30BrFN2O3/c1-19(2)31-28(34)26(16-21-9-5-4-6-10-21)32(17-22-11-7-8-12-25(22)30)27(33)18-35-23-13-14-24(29)20(3)15-23/h4-15,19,26H,16-18H2,1-3H3,(H,31,34)/t26-/m0/s1. The molecular formula is C28H30BrFN2O3. The highest BCUT2D eigenvalue weighted by atomic mass is 79.9. The molecule has 0 fully saturated rings. The summed E-state index contributed by atoms with van der Waals surface area (Å²) >= 11 is 3.45. The topological polar surface area (TPSA) is 58.6 Å². The van der Waals surface area contributed by atoms with Crippen LogP contribution in [0.3, 0.4) is 0 Å². The van der Waals surface area contributed by atoms with Gasteiger partial charge in [0.05, 0.1) is 0 Å². The molecule has 0 heterocycles. The number of hydrogen-bond acceptors (Lipinski definition) is 3. The lowest BCUT2D eigenvalue weighted by Gasteiger charge is -2.32. The van der Waals surface area contributed by atoms with Gasteiger partial charge in [0.1, 0.15) is 17.6 Å². The van der Waals surface area contributed by atoms with Gasteiger partial charge in [-0.05, 0) is 56.2 Å². The highest BCUT2D eigenvalue weighted by Gasteiger charge is 2.31. The molecular weight excluding hydrogens is 511 g/mol. The third-order valence-corrected chi connectivity index (χ3v) is 6.38. The molecule has 0 spiro atoms. The zero-order chi connectivity index (χ0) is 25.4. The molecule has 2 amide bonds. The zero-order valence-electron chi connectivity index (χ0n) is 20.1. The van der Waals surface area contributed by atoms with Crippen LogP contribution in [0.5, 0.6) is 5.75 Å². The summed E-state index contributed by atoms with van der Waals surface area (Å²) in [7, 11) is 0. The van der Waals surface area contributed by atoms with Crippen molar-refractivity contribution in [1.29, 1.82) is 0 Å². The van der Waals surface area contributed by atoms with Crippen LogP contribution in [0.4, 0.5) is 4.39 Å². The van der Waals surface area contributed by atoms with Gasteiger partial charge in [-0.2, -0.15) is 0 Å². The molecule has 0 aromatic heterocycles. The molecule has 0 bridgehead atoms. The van der Waals surface area contributed by atoms with E-state index in [9.17, 15) is 14.0 Å². The lowest BCUT2D eigenvalue weighted by atomic mass is 10.0. The molecule has 3 rings (SSSR count). The van der Waals surface area contributed by atoms with Crippen LogP contribution in [0.2, 0.25) is 0 Å². The number of nitrogens with one attached hydrogen (secondary N) is 1. The van der Waals surface area contributed by atoms with Crippen molar-refractivity contribution in [1.82, 2.24) is 10.2 Å². The first-order valence-corrected chi connectivity index (χ1v) is 12.3. The van der Waals surface area contributed by atoms with Crippen LogP contribution in [0, 0.1) is 12.7 Å². The maximum absolute atomic E-state index is 14.6. The molecule has 0 aliphatic heterocycles. The molecule has 184 valence electrons. The second-order valence-electron chi connectivity index (χ2n) is 8.68. The van der Waals surface area contributed by atoms with Crippen LogP contribution >= 0.6 is 15.9 Å². The molecule has 5 nitrogen and oxygen atoms in total. The summed E-state index contributed by atoms with van der Waals surface area (Å²) in [5, 5.41) is 2.91. The summed E-state index contributed by atoms with van der Waals surface area (Å²) < 4.78 is 21.3. The predicted molar refractivity (Wildman–Crippen MR) is 139 cm³/mol. The van der Waals surface area contributed by atoms with Gasteiger partial charge >= 0.3 is 0 Å². The Morgan fingerprint density at radius 2 is 1.71 bits per heavy atom. The van der Waals surface area contributed by atoms with E-state index in [-0.39, 0.29) is 31.5 Å². The van der Waals surface area contributed by atoms with Crippen molar-refractivity contribution >= 4 is 27.7 Å². The van der Waals surface area contributed by atoms with E-state index >= 15 is 0 Å². The molecule has 0 saturated carbocycles. The minimum Gasteiger partial charge on any atom is -0.484 e. The van der Waals surface area contributed by atoms with Gasteiger partial charge in [-0.3, -0.25) is 9.59 Å². The van der Waals surface area contributed by atoms with Gasteiger partial charge in [0.15, 0.2) is 6.61 Å². The predicted octanol–water partition coefficient (Wildman–Crippen LogP) is 5.44. The molecule has 0 radical (unpaired) electrons. The number of carbonyl (C=O) groups excluding carboxylic acids is 2. The van der Waals surface area contributed by atoms with E-state index in [2.05, 4.69) is 21.2 Å². The Morgan fingerprint density at radius 3 is 2.37 bits per heavy atom. The number of carbonyl (C=O) groups is 2. The highest BCUT2D eigenvalue weighted by Crippen LogP contribution is 2.22. The minimum atomic E-state index is -0.845. The highest BCUT2D eigenvalue weighted by molar-refractivity contribution is 9.10. The van der Waals surface area contributed by atoms with E-state index in [0.29, 0.717) is 11.3 Å². The van der Waals surface area contributed by atoms with Crippen molar-refractivity contribution in [3.63, 3.8) is 0 Å². The van der Waals surface area contributed by atoms with E-state index in [1.807, 2.05) is 63.2 Å². The van der Waals surface area contributed by atoms with Gasteiger partial charge in [0.25, 0.3) is 5.91 Å². The normalized spacial score (nSPS) is 11.7. The van der Waals surface area contributed by atoms with Crippen molar-refractivity contribution < 1.29 is 18.7 Å². The second kappa shape index (κ2) is 12.5. The fourth-order valence-electron chi connectivity index (χ4n) is 3.68. The van der Waals surface area contributed by atoms with Crippen LogP contribution in [0.1, 0.15) is 30.5 Å². The van der Waals surface area contributed by atoms with Crippen molar-refractivity contribution in [3.05, 3.63) is 99.8 Å². The maximum Gasteiger partial charge on any atom is 0.261 e. The van der Waals surface area contributed by atoms with E-state index in [1.54, 1.807) is 24.3 Å². The quantitative estimate of drug-likeness (QED) is 0.372. The van der Waals surface area contributed by atoms with Crippen LogP contribution in [-0.2, 0) is 22.6 Å². The van der Waals surface area contributed by atoms with Crippen molar-refractivity contribution in [3.8, 4) is 5.75 Å². The van der Waals surface area contributed by atoms with E-state index in [4.69, 9.17) is 4.74 Å². The average molecular weight is 541 g/mol. The van der Waals surface area contributed by atoms with Gasteiger partial charge in [0, 0.05) is 29.0 Å². The smallest absolute Gasteiger partial charge is 0.261 e. The van der Waals surface area contributed by atoms with Crippen molar-refractivity contribution in [2.24, 2.45) is 0 Å². The molecule has 3 aromatic rings. The fourth-order valence-corrected chi connectivity index (χ4v) is 3.93. The van der Waals surface area contributed by atoms with E-state index in [0.717, 1.165) is 15.6 Å². The molecule has 0 aliphatic rings. The first-order chi connectivity index (χ1) is 16.7. The molecule has 0 aliphatic carbocycles. The first kappa shape index (κ1) is 26.4. The summed E-state index contributed by atoms with van der Waals surface area (Å²) in [6.07, 6.45) is 0.289. The van der Waals surface area contributed by atoms with Crippen LogP contribution in [0.25, 0.3) is 0 Å². The van der Waals surface area contributed by atoms with E-state index in [1.165, 1.54) is 11.0 Å². The Hall–Kier alpha value is -3.19. The number of halogens is 2. The van der Waals surface area contributed by atoms with Crippen molar-refractivity contribution in [2.75, 3.05) is 6.61 Å². The number of amides is 2.